The summed E-state index contributed by atoms with van der Waals surface area (Å²) < 4.78 is 13.8. The molecule has 0 radical (unpaired) electrons. The van der Waals surface area contributed by atoms with Crippen molar-refractivity contribution in [2.24, 2.45) is 12.8 Å². The predicted octanol–water partition coefficient (Wildman–Crippen LogP) is 2.69. The van der Waals surface area contributed by atoms with Gasteiger partial charge in [0.15, 0.2) is 11.5 Å². The van der Waals surface area contributed by atoms with E-state index in [4.69, 9.17) is 15.2 Å². The third-order valence-electron chi connectivity index (χ3n) is 3.75. The van der Waals surface area contributed by atoms with Crippen molar-refractivity contribution in [1.82, 2.24) is 9.78 Å². The SMILES string of the molecule is Cc1nn(C)c(Oc2cccc3c2OC(C)(C)C3)c1CN. The van der Waals surface area contributed by atoms with Crippen molar-refractivity contribution in [3.63, 3.8) is 0 Å². The third kappa shape index (κ3) is 2.38. The molecule has 0 atom stereocenters. The van der Waals surface area contributed by atoms with E-state index >= 15 is 0 Å². The van der Waals surface area contributed by atoms with Crippen LogP contribution in [0.3, 0.4) is 0 Å². The minimum absolute atomic E-state index is 0.194. The van der Waals surface area contributed by atoms with E-state index in [2.05, 4.69) is 25.0 Å². The van der Waals surface area contributed by atoms with Gasteiger partial charge in [0, 0.05) is 25.6 Å². The second-order valence-corrected chi connectivity index (χ2v) is 6.08. The second-order valence-electron chi connectivity index (χ2n) is 6.08. The maximum absolute atomic E-state index is 6.08. The first-order chi connectivity index (χ1) is 9.91. The Labute approximate surface area is 124 Å². The third-order valence-corrected chi connectivity index (χ3v) is 3.75. The average molecular weight is 287 g/mol. The average Bonchev–Trinajstić information content (AvgIpc) is 2.85. The molecule has 0 amide bonds. The maximum atomic E-state index is 6.08. The zero-order valence-electron chi connectivity index (χ0n) is 12.9. The number of nitrogens with two attached hydrogens (primary N) is 1. The van der Waals surface area contributed by atoms with E-state index in [0.29, 0.717) is 12.4 Å². The molecule has 112 valence electrons. The Morgan fingerprint density at radius 3 is 2.90 bits per heavy atom. The topological polar surface area (TPSA) is 62.3 Å². The van der Waals surface area contributed by atoms with Crippen molar-refractivity contribution >= 4 is 0 Å². The molecule has 0 bridgehead atoms. The monoisotopic (exact) mass is 287 g/mol. The van der Waals surface area contributed by atoms with Crippen LogP contribution in [0, 0.1) is 6.92 Å². The number of fused-ring (bicyclic) bond motifs is 1. The first-order valence-electron chi connectivity index (χ1n) is 7.12. The van der Waals surface area contributed by atoms with Crippen molar-refractivity contribution in [2.45, 2.75) is 39.3 Å². The van der Waals surface area contributed by atoms with Crippen molar-refractivity contribution in [3.8, 4) is 17.4 Å². The van der Waals surface area contributed by atoms with Crippen molar-refractivity contribution in [3.05, 3.63) is 35.0 Å². The van der Waals surface area contributed by atoms with Gasteiger partial charge in [0.05, 0.1) is 11.3 Å². The molecule has 1 aromatic heterocycles. The minimum atomic E-state index is -0.194. The molecule has 2 heterocycles. The molecule has 5 heteroatoms. The van der Waals surface area contributed by atoms with E-state index < -0.39 is 0 Å². The van der Waals surface area contributed by atoms with E-state index in [1.807, 2.05) is 26.1 Å². The van der Waals surface area contributed by atoms with Crippen molar-refractivity contribution < 1.29 is 9.47 Å². The summed E-state index contributed by atoms with van der Waals surface area (Å²) in [5.41, 5.74) is 8.60. The molecule has 3 rings (SSSR count). The molecule has 0 fully saturated rings. The van der Waals surface area contributed by atoms with Crippen LogP contribution in [0.2, 0.25) is 0 Å². The van der Waals surface area contributed by atoms with Gasteiger partial charge in [-0.3, -0.25) is 0 Å². The summed E-state index contributed by atoms with van der Waals surface area (Å²) in [6.07, 6.45) is 0.883. The number of para-hydroxylation sites is 1. The molecule has 2 N–H and O–H groups in total. The van der Waals surface area contributed by atoms with Gasteiger partial charge in [-0.25, -0.2) is 4.68 Å². The number of aryl methyl sites for hydroxylation is 2. The Hall–Kier alpha value is -2.01. The van der Waals surface area contributed by atoms with Crippen molar-refractivity contribution in [2.75, 3.05) is 0 Å². The summed E-state index contributed by atoms with van der Waals surface area (Å²) in [6.45, 7) is 6.49. The Morgan fingerprint density at radius 2 is 2.19 bits per heavy atom. The van der Waals surface area contributed by atoms with Gasteiger partial charge in [-0.15, -0.1) is 0 Å². The predicted molar refractivity (Wildman–Crippen MR) is 80.8 cm³/mol. The Kier molecular flexibility index (Phi) is 3.17. The van der Waals surface area contributed by atoms with E-state index in [1.54, 1.807) is 4.68 Å². The lowest BCUT2D eigenvalue weighted by Crippen LogP contribution is -2.24. The Bertz CT molecular complexity index is 689. The van der Waals surface area contributed by atoms with Gasteiger partial charge in [0.25, 0.3) is 0 Å². The minimum Gasteiger partial charge on any atom is -0.483 e. The molecule has 5 nitrogen and oxygen atoms in total. The molecule has 2 aromatic rings. The van der Waals surface area contributed by atoms with Crippen LogP contribution in [0.15, 0.2) is 18.2 Å². The van der Waals surface area contributed by atoms with Gasteiger partial charge in [0.1, 0.15) is 5.60 Å². The number of rotatable bonds is 3. The molecule has 0 saturated heterocycles. The van der Waals surface area contributed by atoms with Crippen LogP contribution in [0.4, 0.5) is 0 Å². The zero-order valence-corrected chi connectivity index (χ0v) is 12.9. The van der Waals surface area contributed by atoms with Crippen LogP contribution in [0.25, 0.3) is 0 Å². The summed E-state index contributed by atoms with van der Waals surface area (Å²) >= 11 is 0. The fraction of sp³-hybridized carbons (Fsp3) is 0.438. The quantitative estimate of drug-likeness (QED) is 0.942. The van der Waals surface area contributed by atoms with Crippen LogP contribution in [-0.2, 0) is 20.0 Å². The highest BCUT2D eigenvalue weighted by Crippen LogP contribution is 2.43. The molecule has 21 heavy (non-hydrogen) atoms. The molecule has 1 aromatic carbocycles. The van der Waals surface area contributed by atoms with E-state index in [1.165, 1.54) is 5.56 Å². The van der Waals surface area contributed by atoms with Crippen LogP contribution in [0.1, 0.15) is 30.7 Å². The Morgan fingerprint density at radius 1 is 1.43 bits per heavy atom. The largest absolute Gasteiger partial charge is 0.483 e. The fourth-order valence-electron chi connectivity index (χ4n) is 2.82. The number of ether oxygens (including phenoxy) is 2. The molecular formula is C16H21N3O2. The van der Waals surface area contributed by atoms with Gasteiger partial charge < -0.3 is 15.2 Å². The summed E-state index contributed by atoms with van der Waals surface area (Å²) in [5.74, 6) is 2.22. The highest BCUT2D eigenvalue weighted by atomic mass is 16.5. The zero-order chi connectivity index (χ0) is 15.2. The molecule has 1 aliphatic heterocycles. The fourth-order valence-corrected chi connectivity index (χ4v) is 2.82. The van der Waals surface area contributed by atoms with Gasteiger partial charge in [-0.2, -0.15) is 5.10 Å². The first kappa shape index (κ1) is 13.9. The van der Waals surface area contributed by atoms with E-state index in [0.717, 1.165) is 29.2 Å². The van der Waals surface area contributed by atoms with E-state index in [9.17, 15) is 0 Å². The summed E-state index contributed by atoms with van der Waals surface area (Å²) in [4.78, 5) is 0. The molecule has 0 spiro atoms. The molecule has 1 aliphatic rings. The molecule has 0 unspecified atom stereocenters. The lowest BCUT2D eigenvalue weighted by Gasteiger charge is -2.18. The van der Waals surface area contributed by atoms with Gasteiger partial charge >= 0.3 is 0 Å². The van der Waals surface area contributed by atoms with E-state index in [-0.39, 0.29) is 5.60 Å². The van der Waals surface area contributed by atoms with Gasteiger partial charge in [-0.1, -0.05) is 12.1 Å². The number of nitrogens with zero attached hydrogens (tertiary/aromatic N) is 2. The highest BCUT2D eigenvalue weighted by Gasteiger charge is 2.32. The summed E-state index contributed by atoms with van der Waals surface area (Å²) in [5, 5.41) is 4.37. The van der Waals surface area contributed by atoms with Crippen molar-refractivity contribution in [1.29, 1.82) is 0 Å². The smallest absolute Gasteiger partial charge is 0.222 e. The number of aromatic nitrogens is 2. The van der Waals surface area contributed by atoms with Crippen LogP contribution < -0.4 is 15.2 Å². The van der Waals surface area contributed by atoms with Crippen LogP contribution >= 0.6 is 0 Å². The molecule has 0 aliphatic carbocycles. The molecular weight excluding hydrogens is 266 g/mol. The lowest BCUT2D eigenvalue weighted by molar-refractivity contribution is 0.134. The summed E-state index contributed by atoms with van der Waals surface area (Å²) in [6, 6.07) is 5.99. The second kappa shape index (κ2) is 4.77. The standard InChI is InChI=1S/C16H21N3O2/c1-10-12(9-17)15(19(4)18-10)20-13-7-5-6-11-8-16(2,3)21-14(11)13/h5-7H,8-9,17H2,1-4H3. The van der Waals surface area contributed by atoms with Gasteiger partial charge in [0.2, 0.25) is 5.88 Å². The van der Waals surface area contributed by atoms with Crippen LogP contribution in [0.5, 0.6) is 17.4 Å². The maximum Gasteiger partial charge on any atom is 0.222 e. The first-order valence-corrected chi connectivity index (χ1v) is 7.12. The number of hydrogen-bond donors (Lipinski definition) is 1. The van der Waals surface area contributed by atoms with Crippen LogP contribution in [-0.4, -0.2) is 15.4 Å². The van der Waals surface area contributed by atoms with Gasteiger partial charge in [-0.05, 0) is 26.8 Å². The lowest BCUT2D eigenvalue weighted by atomic mass is 10.0. The Balaban J connectivity index is 2.00. The molecule has 0 saturated carbocycles. The normalized spacial score (nSPS) is 15.7. The number of benzene rings is 1. The summed E-state index contributed by atoms with van der Waals surface area (Å²) in [7, 11) is 1.86. The highest BCUT2D eigenvalue weighted by molar-refractivity contribution is 5.52. The number of hydrogen-bond acceptors (Lipinski definition) is 4.